The van der Waals surface area contributed by atoms with E-state index >= 15 is 0 Å². The van der Waals surface area contributed by atoms with E-state index in [2.05, 4.69) is 4.90 Å². The van der Waals surface area contributed by atoms with Crippen molar-refractivity contribution in [2.75, 3.05) is 37.3 Å². The Hall–Kier alpha value is -2.25. The van der Waals surface area contributed by atoms with Gasteiger partial charge in [0.1, 0.15) is 0 Å². The third-order valence-electron chi connectivity index (χ3n) is 4.38. The highest BCUT2D eigenvalue weighted by molar-refractivity contribution is 7.98. The van der Waals surface area contributed by atoms with Gasteiger partial charge in [-0.3, -0.25) is 14.9 Å². The molecule has 1 aliphatic heterocycles. The van der Waals surface area contributed by atoms with Gasteiger partial charge in [0.05, 0.1) is 20.5 Å². The molecule has 0 radical (unpaired) electrons. The molecule has 0 spiro atoms. The van der Waals surface area contributed by atoms with Gasteiger partial charge in [-0.25, -0.2) is 0 Å². The summed E-state index contributed by atoms with van der Waals surface area (Å²) in [7, 11) is 0. The van der Waals surface area contributed by atoms with Crippen LogP contribution in [0, 0.1) is 10.1 Å². The number of amides is 1. The summed E-state index contributed by atoms with van der Waals surface area (Å²) in [5.41, 5.74) is 1.28. The summed E-state index contributed by atoms with van der Waals surface area (Å²) >= 11 is 7.53. The van der Waals surface area contributed by atoms with Crippen molar-refractivity contribution in [3.05, 3.63) is 63.2 Å². The molecule has 1 saturated heterocycles. The third kappa shape index (κ3) is 3.78. The molecule has 0 aromatic heterocycles. The molecular weight excluding hydrogens is 374 g/mol. The van der Waals surface area contributed by atoms with Gasteiger partial charge < -0.3 is 9.80 Å². The van der Waals surface area contributed by atoms with Gasteiger partial charge in [-0.05, 0) is 30.5 Å². The topological polar surface area (TPSA) is 66.7 Å². The number of hydrogen-bond donors (Lipinski definition) is 0. The standard InChI is InChI=1S/C18H18ClN3O3S/c1-26-17-7-6-13(12-16(17)22(24)25)18(23)21-10-8-20(9-11-21)15-5-3-2-4-14(15)19/h2-7,12H,8-11H2,1H3. The number of nitrogens with zero attached hydrogens (tertiary/aromatic N) is 3. The number of nitro benzene ring substituents is 1. The number of rotatable bonds is 4. The number of para-hydroxylation sites is 1. The molecule has 2 aromatic carbocycles. The average molecular weight is 392 g/mol. The van der Waals surface area contributed by atoms with Gasteiger partial charge in [0, 0.05) is 37.8 Å². The van der Waals surface area contributed by atoms with Crippen LogP contribution in [0.5, 0.6) is 0 Å². The minimum absolute atomic E-state index is 0.0296. The Morgan fingerprint density at radius 2 is 1.85 bits per heavy atom. The number of carbonyl (C=O) groups excluding carboxylic acids is 1. The highest BCUT2D eigenvalue weighted by atomic mass is 35.5. The molecule has 136 valence electrons. The predicted octanol–water partition coefficient (Wildman–Crippen LogP) is 3.93. The fourth-order valence-corrected chi connectivity index (χ4v) is 3.81. The molecule has 0 unspecified atom stereocenters. The van der Waals surface area contributed by atoms with E-state index < -0.39 is 4.92 Å². The second kappa shape index (κ2) is 7.97. The number of hydrogen-bond acceptors (Lipinski definition) is 5. The molecule has 26 heavy (non-hydrogen) atoms. The Balaban J connectivity index is 1.72. The average Bonchev–Trinajstić information content (AvgIpc) is 2.67. The van der Waals surface area contributed by atoms with E-state index in [1.165, 1.54) is 17.8 Å². The summed E-state index contributed by atoms with van der Waals surface area (Å²) in [4.78, 5) is 27.9. The zero-order chi connectivity index (χ0) is 18.7. The highest BCUT2D eigenvalue weighted by Gasteiger charge is 2.25. The molecule has 8 heteroatoms. The normalized spacial score (nSPS) is 14.4. The van der Waals surface area contributed by atoms with Gasteiger partial charge in [0.25, 0.3) is 11.6 Å². The number of halogens is 1. The van der Waals surface area contributed by atoms with Crippen LogP contribution in [0.2, 0.25) is 5.02 Å². The molecule has 3 rings (SSSR count). The lowest BCUT2D eigenvalue weighted by Crippen LogP contribution is -2.48. The molecule has 0 saturated carbocycles. The maximum atomic E-state index is 12.7. The van der Waals surface area contributed by atoms with Crippen molar-refractivity contribution in [1.82, 2.24) is 4.90 Å². The van der Waals surface area contributed by atoms with Crippen LogP contribution in [-0.2, 0) is 0 Å². The lowest BCUT2D eigenvalue weighted by atomic mass is 10.1. The van der Waals surface area contributed by atoms with Crippen LogP contribution in [0.1, 0.15) is 10.4 Å². The molecule has 1 amide bonds. The van der Waals surface area contributed by atoms with E-state index in [4.69, 9.17) is 11.6 Å². The van der Waals surface area contributed by atoms with Crippen molar-refractivity contribution in [2.45, 2.75) is 4.90 Å². The van der Waals surface area contributed by atoms with Gasteiger partial charge in [0.2, 0.25) is 0 Å². The molecule has 1 heterocycles. The molecule has 2 aromatic rings. The summed E-state index contributed by atoms with van der Waals surface area (Å²) in [5.74, 6) is -0.181. The first-order chi connectivity index (χ1) is 12.5. The Morgan fingerprint density at radius 3 is 2.46 bits per heavy atom. The summed E-state index contributed by atoms with van der Waals surface area (Å²) in [6, 6.07) is 12.3. The highest BCUT2D eigenvalue weighted by Crippen LogP contribution is 2.29. The summed E-state index contributed by atoms with van der Waals surface area (Å²) in [5, 5.41) is 11.9. The van der Waals surface area contributed by atoms with Crippen molar-refractivity contribution in [3.8, 4) is 0 Å². The molecule has 0 N–H and O–H groups in total. The zero-order valence-corrected chi connectivity index (χ0v) is 15.8. The van der Waals surface area contributed by atoms with Crippen molar-refractivity contribution in [3.63, 3.8) is 0 Å². The first kappa shape index (κ1) is 18.5. The Labute approximate surface area is 160 Å². The fourth-order valence-electron chi connectivity index (χ4n) is 3.01. The van der Waals surface area contributed by atoms with E-state index in [9.17, 15) is 14.9 Å². The number of nitro groups is 1. The predicted molar refractivity (Wildman–Crippen MR) is 104 cm³/mol. The minimum atomic E-state index is -0.446. The number of benzene rings is 2. The Morgan fingerprint density at radius 1 is 1.15 bits per heavy atom. The Bertz CT molecular complexity index is 838. The molecule has 1 aliphatic rings. The van der Waals surface area contributed by atoms with Crippen molar-refractivity contribution in [1.29, 1.82) is 0 Å². The molecule has 0 bridgehead atoms. The van der Waals surface area contributed by atoms with E-state index in [1.807, 2.05) is 24.3 Å². The van der Waals surface area contributed by atoms with Crippen LogP contribution in [0.15, 0.2) is 47.4 Å². The van der Waals surface area contributed by atoms with Gasteiger partial charge in [0.15, 0.2) is 0 Å². The molecular formula is C18H18ClN3O3S. The maximum absolute atomic E-state index is 12.7. The number of carbonyl (C=O) groups is 1. The van der Waals surface area contributed by atoms with Crippen molar-refractivity contribution >= 4 is 40.6 Å². The van der Waals surface area contributed by atoms with Crippen molar-refractivity contribution in [2.24, 2.45) is 0 Å². The maximum Gasteiger partial charge on any atom is 0.283 e. The van der Waals surface area contributed by atoms with Gasteiger partial charge in [-0.1, -0.05) is 23.7 Å². The Kier molecular flexibility index (Phi) is 5.68. The van der Waals surface area contributed by atoms with E-state index in [1.54, 1.807) is 23.3 Å². The van der Waals surface area contributed by atoms with Gasteiger partial charge in [-0.2, -0.15) is 0 Å². The lowest BCUT2D eigenvalue weighted by Gasteiger charge is -2.36. The summed E-state index contributed by atoms with van der Waals surface area (Å²) < 4.78 is 0. The summed E-state index contributed by atoms with van der Waals surface area (Å²) in [6.45, 7) is 2.42. The second-order valence-electron chi connectivity index (χ2n) is 5.87. The quantitative estimate of drug-likeness (QED) is 0.448. The molecule has 0 aliphatic carbocycles. The zero-order valence-electron chi connectivity index (χ0n) is 14.2. The van der Waals surface area contributed by atoms with Crippen LogP contribution < -0.4 is 4.90 Å². The van der Waals surface area contributed by atoms with Crippen LogP contribution in [-0.4, -0.2) is 48.2 Å². The smallest absolute Gasteiger partial charge is 0.283 e. The van der Waals surface area contributed by atoms with Crippen LogP contribution in [0.4, 0.5) is 11.4 Å². The first-order valence-electron chi connectivity index (χ1n) is 8.12. The van der Waals surface area contributed by atoms with Gasteiger partial charge >= 0.3 is 0 Å². The van der Waals surface area contributed by atoms with E-state index in [0.717, 1.165) is 5.69 Å². The monoisotopic (exact) mass is 391 g/mol. The number of thioether (sulfide) groups is 1. The van der Waals surface area contributed by atoms with Crippen LogP contribution in [0.3, 0.4) is 0 Å². The third-order valence-corrected chi connectivity index (χ3v) is 5.49. The SMILES string of the molecule is CSc1ccc(C(=O)N2CCN(c3ccccc3Cl)CC2)cc1[N+](=O)[O-]. The largest absolute Gasteiger partial charge is 0.367 e. The van der Waals surface area contributed by atoms with Crippen molar-refractivity contribution < 1.29 is 9.72 Å². The van der Waals surface area contributed by atoms with E-state index in [-0.39, 0.29) is 11.6 Å². The van der Waals surface area contributed by atoms with E-state index in [0.29, 0.717) is 41.7 Å². The first-order valence-corrected chi connectivity index (χ1v) is 9.72. The number of anilines is 1. The number of piperazine rings is 1. The van der Waals surface area contributed by atoms with Crippen LogP contribution in [0.25, 0.3) is 0 Å². The second-order valence-corrected chi connectivity index (χ2v) is 7.13. The summed E-state index contributed by atoms with van der Waals surface area (Å²) in [6.07, 6.45) is 1.78. The molecule has 0 atom stereocenters. The minimum Gasteiger partial charge on any atom is -0.367 e. The molecule has 1 fully saturated rings. The fraction of sp³-hybridized carbons (Fsp3) is 0.278. The van der Waals surface area contributed by atoms with Crippen LogP contribution >= 0.6 is 23.4 Å². The lowest BCUT2D eigenvalue weighted by molar-refractivity contribution is -0.387. The molecule has 6 nitrogen and oxygen atoms in total. The van der Waals surface area contributed by atoms with Gasteiger partial charge in [-0.15, -0.1) is 11.8 Å².